The monoisotopic (exact) mass is 282 g/mol. The molecule has 0 bridgehead atoms. The molecule has 0 aromatic heterocycles. The quantitative estimate of drug-likeness (QED) is 0.787. The number of hydrogen-bond acceptors (Lipinski definition) is 2. The van der Waals surface area contributed by atoms with Crippen LogP contribution in [-0.4, -0.2) is 14.2 Å². The third-order valence-corrected chi connectivity index (χ3v) is 4.43. The average molecular weight is 282 g/mol. The van der Waals surface area contributed by atoms with Crippen molar-refractivity contribution in [3.63, 3.8) is 0 Å². The van der Waals surface area contributed by atoms with Crippen LogP contribution in [0.25, 0.3) is 0 Å². The molecule has 1 saturated carbocycles. The zero-order valence-corrected chi connectivity index (χ0v) is 12.8. The van der Waals surface area contributed by atoms with Gasteiger partial charge in [0.05, 0.1) is 14.2 Å². The molecule has 0 atom stereocenters. The molecule has 1 fully saturated rings. The lowest BCUT2D eigenvalue weighted by Crippen LogP contribution is -2.09. The summed E-state index contributed by atoms with van der Waals surface area (Å²) in [6, 6.07) is 17.0. The second-order valence-corrected chi connectivity index (χ2v) is 6.05. The molecule has 2 nitrogen and oxygen atoms in total. The normalized spacial score (nSPS) is 15.5. The molecule has 3 rings (SSSR count). The van der Waals surface area contributed by atoms with E-state index in [-0.39, 0.29) is 0 Å². The molecule has 0 saturated heterocycles. The maximum Gasteiger partial charge on any atom is 0.118 e. The van der Waals surface area contributed by atoms with Gasteiger partial charge in [0.15, 0.2) is 0 Å². The Balaban J connectivity index is 1.66. The Morgan fingerprint density at radius 3 is 1.38 bits per heavy atom. The summed E-state index contributed by atoms with van der Waals surface area (Å²) in [6.45, 7) is 0. The Morgan fingerprint density at radius 2 is 1.10 bits per heavy atom. The van der Waals surface area contributed by atoms with E-state index in [0.717, 1.165) is 24.3 Å². The molecule has 110 valence electrons. The third-order valence-electron chi connectivity index (χ3n) is 4.43. The van der Waals surface area contributed by atoms with Crippen molar-refractivity contribution in [2.24, 2.45) is 5.41 Å². The molecule has 2 aromatic rings. The van der Waals surface area contributed by atoms with Crippen molar-refractivity contribution in [1.82, 2.24) is 0 Å². The van der Waals surface area contributed by atoms with Crippen molar-refractivity contribution in [3.05, 3.63) is 59.7 Å². The van der Waals surface area contributed by atoms with Crippen molar-refractivity contribution >= 4 is 0 Å². The average Bonchev–Trinajstić information content (AvgIpc) is 3.28. The molecule has 1 aliphatic carbocycles. The lowest BCUT2D eigenvalue weighted by atomic mass is 9.89. The number of rotatable bonds is 6. The summed E-state index contributed by atoms with van der Waals surface area (Å²) in [5, 5.41) is 0. The highest BCUT2D eigenvalue weighted by Gasteiger charge is 2.42. The Kier molecular flexibility index (Phi) is 3.87. The van der Waals surface area contributed by atoms with Gasteiger partial charge in [0.25, 0.3) is 0 Å². The predicted octanol–water partition coefficient (Wildman–Crippen LogP) is 4.27. The van der Waals surface area contributed by atoms with Crippen molar-refractivity contribution < 1.29 is 9.47 Å². The topological polar surface area (TPSA) is 18.5 Å². The highest BCUT2D eigenvalue weighted by Crippen LogP contribution is 2.51. The molecule has 1 aliphatic rings. The van der Waals surface area contributed by atoms with Gasteiger partial charge in [-0.25, -0.2) is 0 Å². The van der Waals surface area contributed by atoms with Crippen LogP contribution in [0.3, 0.4) is 0 Å². The Hall–Kier alpha value is -1.96. The second-order valence-electron chi connectivity index (χ2n) is 6.05. The molecule has 2 aromatic carbocycles. The molecular formula is C19H22O2. The van der Waals surface area contributed by atoms with Gasteiger partial charge in [-0.15, -0.1) is 0 Å². The van der Waals surface area contributed by atoms with Crippen molar-refractivity contribution in [2.75, 3.05) is 14.2 Å². The first-order valence-corrected chi connectivity index (χ1v) is 7.49. The molecule has 0 radical (unpaired) electrons. The molecule has 0 unspecified atom stereocenters. The van der Waals surface area contributed by atoms with E-state index in [0.29, 0.717) is 5.41 Å². The van der Waals surface area contributed by atoms with Gasteiger partial charge in [-0.1, -0.05) is 24.3 Å². The summed E-state index contributed by atoms with van der Waals surface area (Å²) in [6.07, 6.45) is 4.96. The molecule has 0 heterocycles. The Bertz CT molecular complexity index is 528. The maximum absolute atomic E-state index is 5.22. The van der Waals surface area contributed by atoms with E-state index >= 15 is 0 Å². The van der Waals surface area contributed by atoms with Crippen LogP contribution in [0.2, 0.25) is 0 Å². The van der Waals surface area contributed by atoms with Crippen LogP contribution in [0.5, 0.6) is 11.5 Å². The van der Waals surface area contributed by atoms with E-state index in [1.165, 1.54) is 24.0 Å². The van der Waals surface area contributed by atoms with E-state index < -0.39 is 0 Å². The minimum Gasteiger partial charge on any atom is -0.497 e. The molecular weight excluding hydrogens is 260 g/mol. The lowest BCUT2D eigenvalue weighted by molar-refractivity contribution is 0.414. The van der Waals surface area contributed by atoms with Gasteiger partial charge < -0.3 is 9.47 Å². The second kappa shape index (κ2) is 5.80. The predicted molar refractivity (Wildman–Crippen MR) is 85.1 cm³/mol. The van der Waals surface area contributed by atoms with E-state index in [1.54, 1.807) is 14.2 Å². The van der Waals surface area contributed by atoms with Crippen LogP contribution in [-0.2, 0) is 12.8 Å². The van der Waals surface area contributed by atoms with Crippen molar-refractivity contribution in [2.45, 2.75) is 25.7 Å². The molecule has 0 spiro atoms. The van der Waals surface area contributed by atoms with Gasteiger partial charge in [-0.3, -0.25) is 0 Å². The minimum atomic E-state index is 0.461. The number of methoxy groups -OCH3 is 2. The fourth-order valence-electron chi connectivity index (χ4n) is 2.95. The van der Waals surface area contributed by atoms with E-state index in [2.05, 4.69) is 48.5 Å². The summed E-state index contributed by atoms with van der Waals surface area (Å²) in [4.78, 5) is 0. The summed E-state index contributed by atoms with van der Waals surface area (Å²) < 4.78 is 10.4. The SMILES string of the molecule is COc1ccc(CC2(Cc3ccc(OC)cc3)CC2)cc1. The van der Waals surface area contributed by atoms with Gasteiger partial charge in [0.1, 0.15) is 11.5 Å². The van der Waals surface area contributed by atoms with Gasteiger partial charge in [0, 0.05) is 0 Å². The van der Waals surface area contributed by atoms with Crippen LogP contribution < -0.4 is 9.47 Å². The van der Waals surface area contributed by atoms with Crippen LogP contribution in [0.1, 0.15) is 24.0 Å². The summed E-state index contributed by atoms with van der Waals surface area (Å²) in [7, 11) is 3.42. The van der Waals surface area contributed by atoms with Gasteiger partial charge in [0.2, 0.25) is 0 Å². The van der Waals surface area contributed by atoms with Gasteiger partial charge in [-0.05, 0) is 66.5 Å². The highest BCUT2D eigenvalue weighted by atomic mass is 16.5. The fourth-order valence-corrected chi connectivity index (χ4v) is 2.95. The molecule has 0 N–H and O–H groups in total. The number of ether oxygens (including phenoxy) is 2. The minimum absolute atomic E-state index is 0.461. The molecule has 2 heteroatoms. The van der Waals surface area contributed by atoms with Crippen molar-refractivity contribution in [1.29, 1.82) is 0 Å². The molecule has 0 aliphatic heterocycles. The first kappa shape index (κ1) is 14.0. The molecule has 0 amide bonds. The van der Waals surface area contributed by atoms with E-state index in [4.69, 9.17) is 9.47 Å². The molecule has 21 heavy (non-hydrogen) atoms. The smallest absolute Gasteiger partial charge is 0.118 e. The zero-order valence-electron chi connectivity index (χ0n) is 12.8. The largest absolute Gasteiger partial charge is 0.497 e. The summed E-state index contributed by atoms with van der Waals surface area (Å²) >= 11 is 0. The third kappa shape index (κ3) is 3.38. The van der Waals surface area contributed by atoms with Gasteiger partial charge in [-0.2, -0.15) is 0 Å². The number of hydrogen-bond donors (Lipinski definition) is 0. The maximum atomic E-state index is 5.22. The van der Waals surface area contributed by atoms with E-state index in [9.17, 15) is 0 Å². The number of benzene rings is 2. The highest BCUT2D eigenvalue weighted by molar-refractivity contribution is 5.31. The van der Waals surface area contributed by atoms with E-state index in [1.807, 2.05) is 0 Å². The standard InChI is InChI=1S/C19H22O2/c1-20-17-7-3-15(4-8-17)13-19(11-12-19)14-16-5-9-18(21-2)10-6-16/h3-10H,11-14H2,1-2H3. The van der Waals surface area contributed by atoms with Gasteiger partial charge >= 0.3 is 0 Å². The Labute approximate surface area is 126 Å². The first-order valence-electron chi connectivity index (χ1n) is 7.49. The Morgan fingerprint density at radius 1 is 0.714 bits per heavy atom. The van der Waals surface area contributed by atoms with Crippen LogP contribution >= 0.6 is 0 Å². The van der Waals surface area contributed by atoms with Crippen LogP contribution in [0.4, 0.5) is 0 Å². The van der Waals surface area contributed by atoms with Crippen LogP contribution in [0.15, 0.2) is 48.5 Å². The summed E-state index contributed by atoms with van der Waals surface area (Å²) in [5.74, 6) is 1.86. The zero-order chi connectivity index (χ0) is 14.7. The fraction of sp³-hybridized carbons (Fsp3) is 0.368. The summed E-state index contributed by atoms with van der Waals surface area (Å²) in [5.41, 5.74) is 3.27. The van der Waals surface area contributed by atoms with Crippen molar-refractivity contribution in [3.8, 4) is 11.5 Å². The first-order chi connectivity index (χ1) is 10.2. The van der Waals surface area contributed by atoms with Crippen LogP contribution in [0, 0.1) is 5.41 Å². The lowest BCUT2D eigenvalue weighted by Gasteiger charge is -2.16.